The third-order valence-corrected chi connectivity index (χ3v) is 2.27. The molecule has 0 aromatic heterocycles. The minimum Gasteiger partial charge on any atom is -0.392 e. The fourth-order valence-corrected chi connectivity index (χ4v) is 1.35. The first-order chi connectivity index (χ1) is 5.78. The van der Waals surface area contributed by atoms with Crippen molar-refractivity contribution in [2.45, 2.75) is 52.4 Å². The monoisotopic (exact) mass is 189 g/mol. The van der Waals surface area contributed by atoms with Crippen molar-refractivity contribution in [3.63, 3.8) is 0 Å². The van der Waals surface area contributed by atoms with Crippen molar-refractivity contribution in [1.29, 1.82) is 0 Å². The van der Waals surface area contributed by atoms with E-state index in [2.05, 4.69) is 4.90 Å². The Morgan fingerprint density at radius 1 is 1.31 bits per heavy atom. The summed E-state index contributed by atoms with van der Waals surface area (Å²) in [5, 5.41) is 19.0. The zero-order valence-electron chi connectivity index (χ0n) is 9.41. The van der Waals surface area contributed by atoms with Gasteiger partial charge in [0.2, 0.25) is 0 Å². The molecule has 2 N–H and O–H groups in total. The van der Waals surface area contributed by atoms with Crippen LogP contribution >= 0.6 is 0 Å². The molecular weight excluding hydrogens is 166 g/mol. The molecule has 0 spiro atoms. The molecule has 0 rings (SSSR count). The van der Waals surface area contributed by atoms with Crippen molar-refractivity contribution in [3.8, 4) is 0 Å². The number of aliphatic hydroxyl groups excluding tert-OH is 1. The van der Waals surface area contributed by atoms with Crippen LogP contribution in [0, 0.1) is 0 Å². The molecule has 0 amide bonds. The molecule has 0 fully saturated rings. The highest BCUT2D eigenvalue weighted by Crippen LogP contribution is 2.10. The summed E-state index contributed by atoms with van der Waals surface area (Å²) >= 11 is 0. The molecule has 3 heteroatoms. The summed E-state index contributed by atoms with van der Waals surface area (Å²) < 4.78 is 0. The Bertz CT molecular complexity index is 140. The Kier molecular flexibility index (Phi) is 4.89. The van der Waals surface area contributed by atoms with Gasteiger partial charge in [0.15, 0.2) is 0 Å². The molecule has 0 heterocycles. The van der Waals surface area contributed by atoms with Crippen LogP contribution in [0.25, 0.3) is 0 Å². The maximum absolute atomic E-state index is 9.63. The number of hydrogen-bond acceptors (Lipinski definition) is 3. The van der Waals surface area contributed by atoms with Gasteiger partial charge in [0, 0.05) is 12.6 Å². The molecule has 0 radical (unpaired) electrons. The van der Waals surface area contributed by atoms with Crippen molar-refractivity contribution in [3.05, 3.63) is 0 Å². The molecule has 3 nitrogen and oxygen atoms in total. The summed E-state index contributed by atoms with van der Waals surface area (Å²) in [6.45, 7) is 10.8. The van der Waals surface area contributed by atoms with E-state index < -0.39 is 5.60 Å². The Hall–Kier alpha value is -0.120. The zero-order chi connectivity index (χ0) is 10.6. The summed E-state index contributed by atoms with van der Waals surface area (Å²) in [4.78, 5) is 2.07. The number of likely N-dealkylation sites (N-methyl/N-ethyl adjacent to an activating group) is 1. The van der Waals surface area contributed by atoms with Crippen molar-refractivity contribution < 1.29 is 10.2 Å². The van der Waals surface area contributed by atoms with Crippen LogP contribution in [-0.2, 0) is 0 Å². The van der Waals surface area contributed by atoms with Gasteiger partial charge in [-0.3, -0.25) is 4.90 Å². The average Bonchev–Trinajstić information content (AvgIpc) is 1.97. The molecule has 0 saturated carbocycles. The van der Waals surface area contributed by atoms with Crippen LogP contribution in [0.15, 0.2) is 0 Å². The highest BCUT2D eigenvalue weighted by Gasteiger charge is 2.23. The summed E-state index contributed by atoms with van der Waals surface area (Å²) in [5.41, 5.74) is -0.695. The van der Waals surface area contributed by atoms with Gasteiger partial charge in [-0.2, -0.15) is 0 Å². The highest BCUT2D eigenvalue weighted by molar-refractivity contribution is 4.77. The predicted octanol–water partition coefficient (Wildman–Crippen LogP) is 0.849. The SMILES string of the molecule is CCN(CC(C)(C)O)C(C)C(C)O. The fourth-order valence-electron chi connectivity index (χ4n) is 1.35. The smallest absolute Gasteiger partial charge is 0.0718 e. The number of nitrogens with zero attached hydrogens (tertiary/aromatic N) is 1. The summed E-state index contributed by atoms with van der Waals surface area (Å²) in [6.07, 6.45) is -0.359. The molecule has 2 atom stereocenters. The van der Waals surface area contributed by atoms with Gasteiger partial charge >= 0.3 is 0 Å². The Labute approximate surface area is 81.4 Å². The summed E-state index contributed by atoms with van der Waals surface area (Å²) in [7, 11) is 0. The normalized spacial score (nSPS) is 17.5. The minimum absolute atomic E-state index is 0.0939. The van der Waals surface area contributed by atoms with Gasteiger partial charge in [-0.25, -0.2) is 0 Å². The molecular formula is C10H23NO2. The fraction of sp³-hybridized carbons (Fsp3) is 1.00. The van der Waals surface area contributed by atoms with Crippen LogP contribution in [0.3, 0.4) is 0 Å². The van der Waals surface area contributed by atoms with Crippen LogP contribution in [0.5, 0.6) is 0 Å². The first-order valence-electron chi connectivity index (χ1n) is 4.92. The Morgan fingerprint density at radius 3 is 2.00 bits per heavy atom. The molecule has 0 saturated heterocycles. The lowest BCUT2D eigenvalue weighted by atomic mass is 10.1. The summed E-state index contributed by atoms with van der Waals surface area (Å²) in [6, 6.07) is 0.0939. The van der Waals surface area contributed by atoms with Crippen molar-refractivity contribution >= 4 is 0 Å². The first-order valence-corrected chi connectivity index (χ1v) is 4.92. The second kappa shape index (κ2) is 4.94. The van der Waals surface area contributed by atoms with E-state index in [-0.39, 0.29) is 12.1 Å². The maximum Gasteiger partial charge on any atom is 0.0718 e. The van der Waals surface area contributed by atoms with Gasteiger partial charge in [-0.1, -0.05) is 6.92 Å². The van der Waals surface area contributed by atoms with E-state index in [1.165, 1.54) is 0 Å². The summed E-state index contributed by atoms with van der Waals surface area (Å²) in [5.74, 6) is 0. The second-order valence-electron chi connectivity index (χ2n) is 4.36. The van der Waals surface area contributed by atoms with Crippen LogP contribution in [0.1, 0.15) is 34.6 Å². The number of rotatable bonds is 5. The van der Waals surface area contributed by atoms with E-state index in [9.17, 15) is 10.2 Å². The minimum atomic E-state index is -0.695. The quantitative estimate of drug-likeness (QED) is 0.674. The van der Waals surface area contributed by atoms with E-state index in [0.29, 0.717) is 6.54 Å². The number of hydrogen-bond donors (Lipinski definition) is 2. The van der Waals surface area contributed by atoms with E-state index >= 15 is 0 Å². The lowest BCUT2D eigenvalue weighted by molar-refractivity contribution is -0.00131. The topological polar surface area (TPSA) is 43.7 Å². The van der Waals surface area contributed by atoms with Crippen LogP contribution in [0.2, 0.25) is 0 Å². The van der Waals surface area contributed by atoms with Crippen molar-refractivity contribution in [2.75, 3.05) is 13.1 Å². The molecule has 80 valence electrons. The predicted molar refractivity (Wildman–Crippen MR) is 54.7 cm³/mol. The molecule has 2 unspecified atom stereocenters. The van der Waals surface area contributed by atoms with Crippen molar-refractivity contribution in [1.82, 2.24) is 4.90 Å². The molecule has 0 aromatic carbocycles. The average molecular weight is 189 g/mol. The van der Waals surface area contributed by atoms with Crippen LogP contribution < -0.4 is 0 Å². The Morgan fingerprint density at radius 2 is 1.77 bits per heavy atom. The lowest BCUT2D eigenvalue weighted by Gasteiger charge is -2.34. The second-order valence-corrected chi connectivity index (χ2v) is 4.36. The van der Waals surface area contributed by atoms with E-state index in [0.717, 1.165) is 6.54 Å². The molecule has 0 aliphatic carbocycles. The van der Waals surface area contributed by atoms with Gasteiger partial charge < -0.3 is 10.2 Å². The first kappa shape index (κ1) is 12.9. The zero-order valence-corrected chi connectivity index (χ0v) is 9.41. The van der Waals surface area contributed by atoms with Gasteiger partial charge in [-0.15, -0.1) is 0 Å². The largest absolute Gasteiger partial charge is 0.392 e. The van der Waals surface area contributed by atoms with Gasteiger partial charge in [0.25, 0.3) is 0 Å². The van der Waals surface area contributed by atoms with Gasteiger partial charge in [0.05, 0.1) is 11.7 Å². The Balaban J connectivity index is 4.18. The standard InChI is InChI=1S/C10H23NO2/c1-6-11(7-10(4,5)13)8(2)9(3)12/h8-9,12-13H,6-7H2,1-5H3. The lowest BCUT2D eigenvalue weighted by Crippen LogP contribution is -2.47. The third-order valence-electron chi connectivity index (χ3n) is 2.27. The molecule has 0 aliphatic heterocycles. The van der Waals surface area contributed by atoms with Crippen LogP contribution in [0.4, 0.5) is 0 Å². The third kappa shape index (κ3) is 5.24. The van der Waals surface area contributed by atoms with Gasteiger partial charge in [-0.05, 0) is 34.2 Å². The molecule has 0 bridgehead atoms. The van der Waals surface area contributed by atoms with E-state index in [4.69, 9.17) is 0 Å². The molecule has 13 heavy (non-hydrogen) atoms. The molecule has 0 aliphatic rings. The van der Waals surface area contributed by atoms with Crippen molar-refractivity contribution in [2.24, 2.45) is 0 Å². The van der Waals surface area contributed by atoms with E-state index in [1.54, 1.807) is 20.8 Å². The maximum atomic E-state index is 9.63. The van der Waals surface area contributed by atoms with Gasteiger partial charge in [0.1, 0.15) is 0 Å². The highest BCUT2D eigenvalue weighted by atomic mass is 16.3. The van der Waals surface area contributed by atoms with E-state index in [1.807, 2.05) is 13.8 Å². The van der Waals surface area contributed by atoms with Crippen LogP contribution in [-0.4, -0.2) is 45.9 Å². The number of aliphatic hydroxyl groups is 2. The molecule has 0 aromatic rings.